The summed E-state index contributed by atoms with van der Waals surface area (Å²) in [7, 11) is 0. The Hall–Kier alpha value is -2.37. The van der Waals surface area contributed by atoms with Gasteiger partial charge in [0.15, 0.2) is 0 Å². The van der Waals surface area contributed by atoms with Crippen LogP contribution in [0.15, 0.2) is 18.2 Å². The molecule has 1 aromatic heterocycles. The molecule has 0 bridgehead atoms. The van der Waals surface area contributed by atoms with Crippen molar-refractivity contribution in [2.45, 2.75) is 58.9 Å². The molecule has 0 saturated carbocycles. The van der Waals surface area contributed by atoms with Gasteiger partial charge in [0.1, 0.15) is 17.4 Å². The summed E-state index contributed by atoms with van der Waals surface area (Å²) in [4.78, 5) is 12.0. The van der Waals surface area contributed by atoms with Crippen LogP contribution in [0.25, 0.3) is 0 Å². The number of fused-ring (bicyclic) bond motifs is 1. The van der Waals surface area contributed by atoms with Crippen LogP contribution in [-0.2, 0) is 24.2 Å². The Morgan fingerprint density at radius 1 is 1.23 bits per heavy atom. The van der Waals surface area contributed by atoms with Gasteiger partial charge in [0, 0.05) is 25.9 Å². The topological polar surface area (TPSA) is 69.0 Å². The molecule has 1 amide bonds. The number of carbonyl (C=O) groups excluding carboxylic acids is 1. The summed E-state index contributed by atoms with van der Waals surface area (Å²) >= 11 is 0. The van der Waals surface area contributed by atoms with E-state index in [0.29, 0.717) is 19.6 Å². The van der Waals surface area contributed by atoms with Gasteiger partial charge in [-0.2, -0.15) is 0 Å². The van der Waals surface area contributed by atoms with Gasteiger partial charge in [0.25, 0.3) is 0 Å². The SMILES string of the molecule is Cc1ccc(C)c(OCCC(=O)NCCc2nnc3n2CCCCC3)c1. The summed E-state index contributed by atoms with van der Waals surface area (Å²) in [5.41, 5.74) is 2.24. The standard InChI is InChI=1S/C20H28N4O2/c1-15-7-8-16(2)17(14-15)26-13-10-20(25)21-11-9-19-23-22-18-6-4-3-5-12-24(18)19/h7-8,14H,3-6,9-13H2,1-2H3,(H,21,25). The number of ether oxygens (including phenoxy) is 1. The van der Waals surface area contributed by atoms with E-state index < -0.39 is 0 Å². The lowest BCUT2D eigenvalue weighted by atomic mass is 10.1. The van der Waals surface area contributed by atoms with Crippen molar-refractivity contribution < 1.29 is 9.53 Å². The maximum absolute atomic E-state index is 12.0. The molecule has 0 saturated heterocycles. The van der Waals surface area contributed by atoms with Crippen LogP contribution in [0.4, 0.5) is 0 Å². The summed E-state index contributed by atoms with van der Waals surface area (Å²) in [5.74, 6) is 2.93. The van der Waals surface area contributed by atoms with Crippen LogP contribution >= 0.6 is 0 Å². The lowest BCUT2D eigenvalue weighted by molar-refractivity contribution is -0.121. The minimum Gasteiger partial charge on any atom is -0.493 e. The molecule has 140 valence electrons. The maximum atomic E-state index is 12.0. The van der Waals surface area contributed by atoms with Crippen molar-refractivity contribution in [3.8, 4) is 5.75 Å². The third-order valence-electron chi connectivity index (χ3n) is 4.79. The predicted octanol–water partition coefficient (Wildman–Crippen LogP) is 2.75. The third-order valence-corrected chi connectivity index (χ3v) is 4.79. The Bertz CT molecular complexity index is 754. The molecule has 6 heteroatoms. The molecule has 3 rings (SSSR count). The fourth-order valence-electron chi connectivity index (χ4n) is 3.25. The zero-order valence-corrected chi connectivity index (χ0v) is 15.8. The molecule has 0 unspecified atom stereocenters. The van der Waals surface area contributed by atoms with Crippen LogP contribution in [0.3, 0.4) is 0 Å². The molecule has 1 N–H and O–H groups in total. The van der Waals surface area contributed by atoms with Gasteiger partial charge in [-0.1, -0.05) is 18.6 Å². The number of nitrogens with one attached hydrogen (secondary N) is 1. The van der Waals surface area contributed by atoms with Crippen LogP contribution in [-0.4, -0.2) is 33.8 Å². The number of amides is 1. The van der Waals surface area contributed by atoms with Gasteiger partial charge in [-0.15, -0.1) is 10.2 Å². The van der Waals surface area contributed by atoms with Gasteiger partial charge in [-0.05, 0) is 43.9 Å². The zero-order chi connectivity index (χ0) is 18.4. The van der Waals surface area contributed by atoms with Gasteiger partial charge < -0.3 is 14.6 Å². The summed E-state index contributed by atoms with van der Waals surface area (Å²) in [5, 5.41) is 11.5. The van der Waals surface area contributed by atoms with Crippen LogP contribution in [0.1, 0.15) is 48.5 Å². The van der Waals surface area contributed by atoms with E-state index in [1.807, 2.05) is 26.0 Å². The summed E-state index contributed by atoms with van der Waals surface area (Å²) in [6, 6.07) is 6.09. The van der Waals surface area contributed by atoms with E-state index in [0.717, 1.165) is 47.9 Å². The van der Waals surface area contributed by atoms with Crippen molar-refractivity contribution in [3.63, 3.8) is 0 Å². The third kappa shape index (κ3) is 4.84. The highest BCUT2D eigenvalue weighted by Gasteiger charge is 2.14. The minimum absolute atomic E-state index is 0.00547. The number of nitrogens with zero attached hydrogens (tertiary/aromatic N) is 3. The van der Waals surface area contributed by atoms with Crippen LogP contribution in [0, 0.1) is 13.8 Å². The number of rotatable bonds is 7. The van der Waals surface area contributed by atoms with Crippen molar-refractivity contribution in [1.82, 2.24) is 20.1 Å². The summed E-state index contributed by atoms with van der Waals surface area (Å²) in [6.45, 7) is 6.01. The van der Waals surface area contributed by atoms with E-state index in [-0.39, 0.29) is 5.91 Å². The number of hydrogen-bond donors (Lipinski definition) is 1. The average molecular weight is 356 g/mol. The maximum Gasteiger partial charge on any atom is 0.223 e. The molecule has 0 aliphatic carbocycles. The van der Waals surface area contributed by atoms with Crippen LogP contribution in [0.5, 0.6) is 5.75 Å². The fourth-order valence-corrected chi connectivity index (χ4v) is 3.25. The molecule has 6 nitrogen and oxygen atoms in total. The smallest absolute Gasteiger partial charge is 0.223 e. The molecule has 0 spiro atoms. The second-order valence-corrected chi connectivity index (χ2v) is 6.96. The second kappa shape index (κ2) is 8.83. The number of carbonyl (C=O) groups is 1. The van der Waals surface area contributed by atoms with Gasteiger partial charge in [-0.3, -0.25) is 4.79 Å². The predicted molar refractivity (Wildman–Crippen MR) is 100 cm³/mol. The Balaban J connectivity index is 1.39. The molecular formula is C20H28N4O2. The quantitative estimate of drug-likeness (QED) is 0.828. The van der Waals surface area contributed by atoms with Crippen molar-refractivity contribution in [3.05, 3.63) is 41.0 Å². The molecule has 26 heavy (non-hydrogen) atoms. The second-order valence-electron chi connectivity index (χ2n) is 6.96. The normalized spacial score (nSPS) is 13.8. The van der Waals surface area contributed by atoms with Crippen LogP contribution < -0.4 is 10.1 Å². The first kappa shape index (κ1) is 18.4. The molecule has 2 heterocycles. The van der Waals surface area contributed by atoms with E-state index in [9.17, 15) is 4.79 Å². The number of hydrogen-bond acceptors (Lipinski definition) is 4. The van der Waals surface area contributed by atoms with Crippen molar-refractivity contribution in [2.75, 3.05) is 13.2 Å². The zero-order valence-electron chi connectivity index (χ0n) is 15.8. The molecule has 1 aliphatic rings. The molecule has 1 aliphatic heterocycles. The largest absolute Gasteiger partial charge is 0.493 e. The van der Waals surface area contributed by atoms with Crippen molar-refractivity contribution in [2.24, 2.45) is 0 Å². The minimum atomic E-state index is 0.00547. The van der Waals surface area contributed by atoms with Crippen molar-refractivity contribution in [1.29, 1.82) is 0 Å². The molecule has 0 fully saturated rings. The molecule has 2 aromatic rings. The van der Waals surface area contributed by atoms with Gasteiger partial charge >= 0.3 is 0 Å². The number of aromatic nitrogens is 3. The monoisotopic (exact) mass is 356 g/mol. The lowest BCUT2D eigenvalue weighted by Gasteiger charge is -2.10. The van der Waals surface area contributed by atoms with E-state index in [4.69, 9.17) is 4.74 Å². The first-order chi connectivity index (χ1) is 12.6. The average Bonchev–Trinajstić information content (AvgIpc) is 2.85. The number of aryl methyl sites for hydroxylation is 3. The Kier molecular flexibility index (Phi) is 6.26. The Morgan fingerprint density at radius 3 is 3.00 bits per heavy atom. The fraction of sp³-hybridized carbons (Fsp3) is 0.550. The molecule has 0 atom stereocenters. The van der Waals surface area contributed by atoms with Gasteiger partial charge in [0.2, 0.25) is 5.91 Å². The molecular weight excluding hydrogens is 328 g/mol. The van der Waals surface area contributed by atoms with E-state index in [2.05, 4.69) is 26.1 Å². The highest BCUT2D eigenvalue weighted by molar-refractivity contribution is 5.75. The molecule has 0 radical (unpaired) electrons. The van der Waals surface area contributed by atoms with Gasteiger partial charge in [0.05, 0.1) is 13.0 Å². The Labute approximate surface area is 155 Å². The van der Waals surface area contributed by atoms with Crippen LogP contribution in [0.2, 0.25) is 0 Å². The van der Waals surface area contributed by atoms with Crippen molar-refractivity contribution >= 4 is 5.91 Å². The first-order valence-corrected chi connectivity index (χ1v) is 9.51. The van der Waals surface area contributed by atoms with E-state index >= 15 is 0 Å². The highest BCUT2D eigenvalue weighted by atomic mass is 16.5. The first-order valence-electron chi connectivity index (χ1n) is 9.51. The highest BCUT2D eigenvalue weighted by Crippen LogP contribution is 2.19. The Morgan fingerprint density at radius 2 is 2.12 bits per heavy atom. The van der Waals surface area contributed by atoms with E-state index in [1.54, 1.807) is 0 Å². The molecule has 1 aromatic carbocycles. The summed E-state index contributed by atoms with van der Waals surface area (Å²) < 4.78 is 7.97. The summed E-state index contributed by atoms with van der Waals surface area (Å²) in [6.07, 6.45) is 5.70. The number of benzene rings is 1. The van der Waals surface area contributed by atoms with Gasteiger partial charge in [-0.25, -0.2) is 0 Å². The van der Waals surface area contributed by atoms with E-state index in [1.165, 1.54) is 19.3 Å². The lowest BCUT2D eigenvalue weighted by Crippen LogP contribution is -2.27.